The van der Waals surface area contributed by atoms with Crippen molar-refractivity contribution in [3.05, 3.63) is 45.4 Å². The molecule has 1 atom stereocenters. The fourth-order valence-electron chi connectivity index (χ4n) is 3.27. The summed E-state index contributed by atoms with van der Waals surface area (Å²) in [6.07, 6.45) is 0.956. The molecule has 158 valence electrons. The van der Waals surface area contributed by atoms with Crippen molar-refractivity contribution in [3.8, 4) is 17.2 Å². The zero-order valence-electron chi connectivity index (χ0n) is 16.4. The van der Waals surface area contributed by atoms with E-state index in [1.807, 2.05) is 7.05 Å². The summed E-state index contributed by atoms with van der Waals surface area (Å²) < 4.78 is 43.0. The first-order valence-electron chi connectivity index (χ1n) is 9.01. The summed E-state index contributed by atoms with van der Waals surface area (Å²) in [5.41, 5.74) is 0.595. The number of likely N-dealkylation sites (tertiary alicyclic amines) is 1. The molecule has 0 amide bonds. The second-order valence-corrected chi connectivity index (χ2v) is 10.2. The minimum atomic E-state index is -3.66. The fourth-order valence-corrected chi connectivity index (χ4v) is 5.91. The van der Waals surface area contributed by atoms with Gasteiger partial charge in [0, 0.05) is 23.6 Å². The van der Waals surface area contributed by atoms with Crippen molar-refractivity contribution in [2.75, 3.05) is 34.4 Å². The smallest absolute Gasteiger partial charge is 0.183 e. The second-order valence-electron chi connectivity index (χ2n) is 6.95. The molecular weight excluding hydrogens is 482 g/mol. The third-order valence-corrected chi connectivity index (χ3v) is 7.72. The Morgan fingerprint density at radius 3 is 2.45 bits per heavy atom. The molecule has 1 heterocycles. The Labute approximate surface area is 184 Å². The number of ether oxygens (including phenoxy) is 3. The lowest BCUT2D eigenvalue weighted by molar-refractivity contribution is 0.208. The molecule has 0 N–H and O–H groups in total. The maximum Gasteiger partial charge on any atom is 0.183 e. The van der Waals surface area contributed by atoms with Gasteiger partial charge in [0.15, 0.2) is 21.3 Å². The zero-order chi connectivity index (χ0) is 21.2. The molecule has 0 saturated carbocycles. The van der Waals surface area contributed by atoms with Crippen LogP contribution in [0.4, 0.5) is 0 Å². The molecule has 9 heteroatoms. The van der Waals surface area contributed by atoms with E-state index >= 15 is 0 Å². The van der Waals surface area contributed by atoms with Crippen molar-refractivity contribution in [2.24, 2.45) is 0 Å². The topological polar surface area (TPSA) is 65.1 Å². The van der Waals surface area contributed by atoms with Crippen LogP contribution >= 0.6 is 27.5 Å². The van der Waals surface area contributed by atoms with Gasteiger partial charge in [0.2, 0.25) is 0 Å². The molecule has 3 rings (SSSR count). The van der Waals surface area contributed by atoms with Crippen LogP contribution in [0.1, 0.15) is 12.0 Å². The maximum absolute atomic E-state index is 13.1. The summed E-state index contributed by atoms with van der Waals surface area (Å²) in [5.74, 6) is 1.10. The van der Waals surface area contributed by atoms with E-state index in [-0.39, 0.29) is 16.8 Å². The minimum Gasteiger partial charge on any atom is -0.493 e. The first kappa shape index (κ1) is 22.2. The summed E-state index contributed by atoms with van der Waals surface area (Å²) in [5, 5.41) is 0.466. The molecular formula is C20H23BrClNO5S. The highest BCUT2D eigenvalue weighted by atomic mass is 79.9. The molecule has 1 aliphatic heterocycles. The van der Waals surface area contributed by atoms with Crippen LogP contribution in [-0.4, -0.2) is 53.8 Å². The highest BCUT2D eigenvalue weighted by Crippen LogP contribution is 2.37. The molecule has 0 radical (unpaired) electrons. The van der Waals surface area contributed by atoms with Crippen LogP contribution in [0.15, 0.2) is 39.7 Å². The van der Waals surface area contributed by atoms with Gasteiger partial charge in [0.05, 0.1) is 29.9 Å². The number of methoxy groups -OCH3 is 2. The predicted molar refractivity (Wildman–Crippen MR) is 116 cm³/mol. The van der Waals surface area contributed by atoms with Gasteiger partial charge in [-0.15, -0.1) is 0 Å². The van der Waals surface area contributed by atoms with Crippen molar-refractivity contribution in [3.63, 3.8) is 0 Å². The van der Waals surface area contributed by atoms with Crippen LogP contribution in [0.25, 0.3) is 0 Å². The minimum absolute atomic E-state index is 0.0457. The van der Waals surface area contributed by atoms with E-state index in [4.69, 9.17) is 25.8 Å². The van der Waals surface area contributed by atoms with Crippen LogP contribution in [0.2, 0.25) is 5.02 Å². The van der Waals surface area contributed by atoms with Crippen molar-refractivity contribution in [1.82, 2.24) is 4.90 Å². The lowest BCUT2D eigenvalue weighted by Gasteiger charge is -2.16. The Morgan fingerprint density at radius 2 is 1.83 bits per heavy atom. The van der Waals surface area contributed by atoms with E-state index in [2.05, 4.69) is 20.8 Å². The molecule has 0 unspecified atom stereocenters. The van der Waals surface area contributed by atoms with E-state index in [9.17, 15) is 8.42 Å². The highest BCUT2D eigenvalue weighted by molar-refractivity contribution is 9.10. The van der Waals surface area contributed by atoms with Gasteiger partial charge in [-0.1, -0.05) is 17.7 Å². The van der Waals surface area contributed by atoms with Crippen molar-refractivity contribution < 1.29 is 22.6 Å². The number of hydrogen-bond donors (Lipinski definition) is 0. The lowest BCUT2D eigenvalue weighted by atomic mass is 10.2. The summed E-state index contributed by atoms with van der Waals surface area (Å²) in [6, 6.07) is 8.11. The van der Waals surface area contributed by atoms with Crippen molar-refractivity contribution in [1.29, 1.82) is 0 Å². The standard InChI is InChI=1S/C20H23BrClNO5S/c1-23-7-6-14(11-23)28-17-8-13(4-5-16(17)22)12-29(24,25)20-10-19(27-3)18(26-2)9-15(20)21/h4-5,8-10,14H,6-7,11-12H2,1-3H3/t14-/m0/s1. The first-order valence-corrected chi connectivity index (χ1v) is 11.8. The Kier molecular flexibility index (Phi) is 6.98. The van der Waals surface area contributed by atoms with Gasteiger partial charge >= 0.3 is 0 Å². The number of halogens is 2. The molecule has 1 saturated heterocycles. The van der Waals surface area contributed by atoms with E-state index in [1.165, 1.54) is 20.3 Å². The normalized spacial score (nSPS) is 17.3. The van der Waals surface area contributed by atoms with E-state index in [0.29, 0.717) is 32.3 Å². The number of benzene rings is 2. The van der Waals surface area contributed by atoms with Crippen LogP contribution in [0, 0.1) is 0 Å². The van der Waals surface area contributed by atoms with E-state index in [0.717, 1.165) is 19.5 Å². The van der Waals surface area contributed by atoms with Crippen LogP contribution in [0.3, 0.4) is 0 Å². The third-order valence-electron chi connectivity index (χ3n) is 4.77. The number of hydrogen-bond acceptors (Lipinski definition) is 6. The van der Waals surface area contributed by atoms with E-state index < -0.39 is 9.84 Å². The average molecular weight is 505 g/mol. The van der Waals surface area contributed by atoms with Crippen LogP contribution < -0.4 is 14.2 Å². The van der Waals surface area contributed by atoms with Gasteiger partial charge in [-0.2, -0.15) is 0 Å². The molecule has 1 fully saturated rings. The monoisotopic (exact) mass is 503 g/mol. The average Bonchev–Trinajstić information content (AvgIpc) is 3.08. The fraction of sp³-hybridized carbons (Fsp3) is 0.400. The van der Waals surface area contributed by atoms with Gasteiger partial charge in [0.25, 0.3) is 0 Å². The Morgan fingerprint density at radius 1 is 1.14 bits per heavy atom. The summed E-state index contributed by atoms with van der Waals surface area (Å²) in [6.45, 7) is 1.78. The molecule has 0 bridgehead atoms. The second kappa shape index (κ2) is 9.12. The maximum atomic E-state index is 13.1. The van der Waals surface area contributed by atoms with Gasteiger partial charge in [0.1, 0.15) is 11.9 Å². The van der Waals surface area contributed by atoms with Gasteiger partial charge in [-0.3, -0.25) is 0 Å². The molecule has 0 spiro atoms. The molecule has 29 heavy (non-hydrogen) atoms. The number of rotatable bonds is 7. The van der Waals surface area contributed by atoms with Crippen LogP contribution in [-0.2, 0) is 15.6 Å². The molecule has 2 aromatic rings. The highest BCUT2D eigenvalue weighted by Gasteiger charge is 2.24. The SMILES string of the molecule is COc1cc(Br)c(S(=O)(=O)Cc2ccc(Cl)c(O[C@H]3CCN(C)C3)c2)cc1OC. The first-order chi connectivity index (χ1) is 13.7. The van der Waals surface area contributed by atoms with Crippen molar-refractivity contribution in [2.45, 2.75) is 23.2 Å². The molecule has 0 aliphatic carbocycles. The van der Waals surface area contributed by atoms with Gasteiger partial charge < -0.3 is 19.1 Å². The van der Waals surface area contributed by atoms with Gasteiger partial charge in [-0.05, 0) is 53.2 Å². The van der Waals surface area contributed by atoms with Gasteiger partial charge in [-0.25, -0.2) is 8.42 Å². The summed E-state index contributed by atoms with van der Waals surface area (Å²) in [7, 11) is 1.34. The quantitative estimate of drug-likeness (QED) is 0.564. The van der Waals surface area contributed by atoms with Crippen molar-refractivity contribution >= 4 is 37.4 Å². The zero-order valence-corrected chi connectivity index (χ0v) is 19.6. The summed E-state index contributed by atoms with van der Waals surface area (Å²) >= 11 is 9.60. The Balaban J connectivity index is 1.86. The molecule has 6 nitrogen and oxygen atoms in total. The molecule has 2 aromatic carbocycles. The molecule has 1 aliphatic rings. The Hall–Kier alpha value is -1.48. The number of sulfone groups is 1. The third kappa shape index (κ3) is 5.17. The van der Waals surface area contributed by atoms with Crippen LogP contribution in [0.5, 0.6) is 17.2 Å². The largest absolute Gasteiger partial charge is 0.493 e. The Bertz CT molecular complexity index is 999. The molecule has 0 aromatic heterocycles. The lowest BCUT2D eigenvalue weighted by Crippen LogP contribution is -2.21. The number of nitrogens with zero attached hydrogens (tertiary/aromatic N) is 1. The number of likely N-dealkylation sites (N-methyl/N-ethyl adjacent to an activating group) is 1. The predicted octanol–water partition coefficient (Wildman–Crippen LogP) is 4.18. The summed E-state index contributed by atoms with van der Waals surface area (Å²) in [4.78, 5) is 2.31. The van der Waals surface area contributed by atoms with E-state index in [1.54, 1.807) is 24.3 Å².